The first-order valence-electron chi connectivity index (χ1n) is 17.2. The van der Waals surface area contributed by atoms with Gasteiger partial charge in [0.15, 0.2) is 0 Å². The maximum atomic E-state index is 15.2. The maximum absolute atomic E-state index is 15.2. The fourth-order valence-corrected chi connectivity index (χ4v) is 9.15. The van der Waals surface area contributed by atoms with Crippen LogP contribution in [0.4, 0.5) is 15.8 Å². The molecule has 4 amide bonds. The number of phenolic OH excluding ortho intramolecular Hbond substituents is 1. The quantitative estimate of drug-likeness (QED) is 0.162. The highest BCUT2D eigenvalue weighted by Gasteiger charge is 2.70. The largest absolute Gasteiger partial charge is 0.508 e. The molecular weight excluding hydrogens is 669 g/mol. The number of carbonyl (C=O) groups excluding carboxylic acids is 4. The van der Waals surface area contributed by atoms with Crippen LogP contribution >= 0.6 is 11.6 Å². The van der Waals surface area contributed by atoms with Crippen molar-refractivity contribution in [3.8, 4) is 5.75 Å². The topological polar surface area (TPSA) is 107 Å². The molecule has 10 heteroatoms. The number of amides is 4. The van der Waals surface area contributed by atoms with E-state index in [1.165, 1.54) is 29.2 Å². The van der Waals surface area contributed by atoms with Gasteiger partial charge >= 0.3 is 0 Å². The molecule has 2 aliphatic carbocycles. The molecule has 258 valence electrons. The van der Waals surface area contributed by atoms with Crippen molar-refractivity contribution < 1.29 is 28.7 Å². The van der Waals surface area contributed by atoms with Crippen molar-refractivity contribution in [1.29, 1.82) is 0 Å². The smallest absolute Gasteiger partial charge is 0.260 e. The van der Waals surface area contributed by atoms with E-state index in [0.29, 0.717) is 39.5 Å². The number of allylic oxidation sites excluding steroid dienone is 2. The second kappa shape index (κ2) is 12.2. The fraction of sp³-hybridized carbons (Fsp3) is 0.268. The van der Waals surface area contributed by atoms with E-state index in [1.54, 1.807) is 55.5 Å². The van der Waals surface area contributed by atoms with Crippen molar-refractivity contribution >= 4 is 46.6 Å². The van der Waals surface area contributed by atoms with Crippen LogP contribution in [0.1, 0.15) is 47.9 Å². The van der Waals surface area contributed by atoms with Gasteiger partial charge in [0.2, 0.25) is 11.8 Å². The Morgan fingerprint density at radius 3 is 2.25 bits per heavy atom. The fourth-order valence-electron chi connectivity index (χ4n) is 9.02. The predicted molar refractivity (Wildman–Crippen MR) is 190 cm³/mol. The lowest BCUT2D eigenvalue weighted by Crippen LogP contribution is -2.53. The van der Waals surface area contributed by atoms with Crippen LogP contribution in [-0.2, 0) is 31.0 Å². The molecule has 1 saturated carbocycles. The lowest BCUT2D eigenvalue weighted by Gasteiger charge is -2.50. The number of hydrogen-bond acceptors (Lipinski definition) is 6. The van der Waals surface area contributed by atoms with Crippen molar-refractivity contribution in [2.75, 3.05) is 10.3 Å². The second-order valence-corrected chi connectivity index (χ2v) is 14.4. The number of anilines is 2. The van der Waals surface area contributed by atoms with E-state index in [9.17, 15) is 23.9 Å². The summed E-state index contributed by atoms with van der Waals surface area (Å²) in [5.74, 6) is -5.59. The Balaban J connectivity index is 1.31. The summed E-state index contributed by atoms with van der Waals surface area (Å²) in [4.78, 5) is 59.7. The lowest BCUT2D eigenvalue weighted by molar-refractivity contribution is -0.138. The third-order valence-corrected chi connectivity index (χ3v) is 11.7. The average Bonchev–Trinajstić information content (AvgIpc) is 3.51. The minimum Gasteiger partial charge on any atom is -0.508 e. The molecule has 6 atom stereocenters. The van der Waals surface area contributed by atoms with Crippen LogP contribution in [0, 0.1) is 36.4 Å². The van der Waals surface area contributed by atoms with Crippen LogP contribution < -0.4 is 10.3 Å². The Kier molecular flexibility index (Phi) is 7.87. The first kappa shape index (κ1) is 32.9. The number of fused-ring (bicyclic) bond motifs is 4. The van der Waals surface area contributed by atoms with E-state index in [0.717, 1.165) is 22.6 Å². The van der Waals surface area contributed by atoms with Gasteiger partial charge in [0.1, 0.15) is 11.6 Å². The van der Waals surface area contributed by atoms with Crippen LogP contribution in [0.5, 0.6) is 5.75 Å². The summed E-state index contributed by atoms with van der Waals surface area (Å²) >= 11 is 6.36. The van der Waals surface area contributed by atoms with Gasteiger partial charge in [-0.25, -0.2) is 4.39 Å². The van der Waals surface area contributed by atoms with Crippen LogP contribution in [-0.4, -0.2) is 33.7 Å². The Hall–Kier alpha value is -5.28. The van der Waals surface area contributed by atoms with Crippen molar-refractivity contribution in [2.24, 2.45) is 23.7 Å². The standard InChI is InChI=1S/C41H35ClFN3O5/c1-3-23-4-15-29(16-5-23)45-37(48)31-18-17-30-32(35(31)39(45)50)21-33-38(49)46(44-28-13-11-27(43)12-14-28)40(51)41(33,25-7-9-26(42)10-8-25)36(30)24-6-19-34(47)22(2)20-24/h4-17,19-20,31-33,35-36,44,47H,3,18,21H2,1-2H3. The summed E-state index contributed by atoms with van der Waals surface area (Å²) in [6, 6.07) is 24.9. The van der Waals surface area contributed by atoms with Crippen LogP contribution in [0.3, 0.4) is 0 Å². The van der Waals surface area contributed by atoms with E-state index in [1.807, 2.05) is 31.2 Å². The highest BCUT2D eigenvalue weighted by Crippen LogP contribution is 2.64. The SMILES string of the molecule is CCc1ccc(N2C(=O)C3CC=C4C(CC5C(=O)N(Nc6ccc(F)cc6)C(=O)C5(c5ccc(Cl)cc5)C4c4ccc(O)c(C)c4)C3C2=O)cc1. The molecule has 0 radical (unpaired) electrons. The first-order valence-corrected chi connectivity index (χ1v) is 17.5. The molecule has 8 rings (SSSR count). The van der Waals surface area contributed by atoms with Crippen molar-refractivity contribution in [3.63, 3.8) is 0 Å². The number of imide groups is 2. The molecule has 2 aliphatic heterocycles. The van der Waals surface area contributed by atoms with E-state index in [4.69, 9.17) is 11.6 Å². The number of nitrogens with zero attached hydrogens (tertiary/aromatic N) is 2. The van der Waals surface area contributed by atoms with Gasteiger partial charge in [0.05, 0.1) is 34.5 Å². The summed E-state index contributed by atoms with van der Waals surface area (Å²) in [5.41, 5.74) is 6.05. The van der Waals surface area contributed by atoms with E-state index < -0.39 is 52.6 Å². The Bertz CT molecular complexity index is 2130. The summed E-state index contributed by atoms with van der Waals surface area (Å²) in [7, 11) is 0. The second-order valence-electron chi connectivity index (χ2n) is 14.0. The van der Waals surface area contributed by atoms with Gasteiger partial charge in [-0.1, -0.05) is 66.6 Å². The molecule has 51 heavy (non-hydrogen) atoms. The summed E-state index contributed by atoms with van der Waals surface area (Å²) in [5, 5.41) is 12.0. The molecule has 4 aliphatic rings. The molecule has 4 aromatic rings. The molecule has 4 aromatic carbocycles. The molecule has 6 unspecified atom stereocenters. The number of nitrogens with one attached hydrogen (secondary N) is 1. The summed E-state index contributed by atoms with van der Waals surface area (Å²) in [6.45, 7) is 3.80. The number of aryl methyl sites for hydroxylation is 2. The zero-order chi connectivity index (χ0) is 35.8. The number of aromatic hydroxyl groups is 1. The predicted octanol–water partition coefficient (Wildman–Crippen LogP) is 7.25. The van der Waals surface area contributed by atoms with E-state index in [2.05, 4.69) is 5.43 Å². The summed E-state index contributed by atoms with van der Waals surface area (Å²) in [6.07, 6.45) is 3.24. The van der Waals surface area contributed by atoms with Crippen molar-refractivity contribution in [1.82, 2.24) is 5.01 Å². The zero-order valence-corrected chi connectivity index (χ0v) is 28.7. The average molecular weight is 704 g/mol. The molecule has 0 spiro atoms. The van der Waals surface area contributed by atoms with Crippen LogP contribution in [0.25, 0.3) is 0 Å². The minimum absolute atomic E-state index is 0.0793. The summed E-state index contributed by atoms with van der Waals surface area (Å²) < 4.78 is 13.9. The van der Waals surface area contributed by atoms with Gasteiger partial charge < -0.3 is 5.11 Å². The number of rotatable bonds is 6. The molecule has 3 fully saturated rings. The molecular formula is C41H35ClFN3O5. The van der Waals surface area contributed by atoms with Gasteiger partial charge in [-0.2, -0.15) is 5.01 Å². The normalized spacial score (nSPS) is 26.9. The molecule has 0 bridgehead atoms. The first-order chi connectivity index (χ1) is 24.5. The zero-order valence-electron chi connectivity index (χ0n) is 28.0. The maximum Gasteiger partial charge on any atom is 0.260 e. The number of halogens is 2. The minimum atomic E-state index is -1.49. The molecule has 8 nitrogen and oxygen atoms in total. The van der Waals surface area contributed by atoms with Gasteiger partial charge in [0, 0.05) is 10.9 Å². The van der Waals surface area contributed by atoms with E-state index >= 15 is 4.79 Å². The number of phenols is 1. The Morgan fingerprint density at radius 2 is 1.59 bits per heavy atom. The van der Waals surface area contributed by atoms with Gasteiger partial charge in [-0.05, 0) is 109 Å². The molecule has 2 saturated heterocycles. The van der Waals surface area contributed by atoms with Crippen molar-refractivity contribution in [3.05, 3.63) is 136 Å². The molecule has 2 heterocycles. The third-order valence-electron chi connectivity index (χ3n) is 11.4. The number of carbonyl (C=O) groups is 4. The number of hydrazine groups is 1. The van der Waals surface area contributed by atoms with Crippen molar-refractivity contribution in [2.45, 2.75) is 44.4 Å². The highest BCUT2D eigenvalue weighted by atomic mass is 35.5. The van der Waals surface area contributed by atoms with Gasteiger partial charge in [-0.15, -0.1) is 0 Å². The van der Waals surface area contributed by atoms with Gasteiger partial charge in [0.25, 0.3) is 11.8 Å². The van der Waals surface area contributed by atoms with Gasteiger partial charge in [-0.3, -0.25) is 29.5 Å². The number of benzene rings is 4. The van der Waals surface area contributed by atoms with Crippen LogP contribution in [0.2, 0.25) is 5.02 Å². The Morgan fingerprint density at radius 1 is 0.882 bits per heavy atom. The number of hydrogen-bond donors (Lipinski definition) is 2. The molecule has 2 N–H and O–H groups in total. The molecule has 0 aromatic heterocycles. The highest BCUT2D eigenvalue weighted by molar-refractivity contribution is 6.30. The lowest BCUT2D eigenvalue weighted by atomic mass is 9.49. The third kappa shape index (κ3) is 4.93. The van der Waals surface area contributed by atoms with E-state index in [-0.39, 0.29) is 24.0 Å². The Labute approximate surface area is 299 Å². The van der Waals surface area contributed by atoms with Crippen LogP contribution in [0.15, 0.2) is 103 Å². The monoisotopic (exact) mass is 703 g/mol.